The quantitative estimate of drug-likeness (QED) is 0.605. The maximum atomic E-state index is 11.3. The molecule has 0 heterocycles. The van der Waals surface area contributed by atoms with E-state index in [9.17, 15) is 4.79 Å². The van der Waals surface area contributed by atoms with Gasteiger partial charge in [0.15, 0.2) is 0 Å². The van der Waals surface area contributed by atoms with E-state index in [4.69, 9.17) is 0 Å². The number of rotatable bonds is 7. The lowest BCUT2D eigenvalue weighted by atomic mass is 10.3. The van der Waals surface area contributed by atoms with E-state index >= 15 is 0 Å². The summed E-state index contributed by atoms with van der Waals surface area (Å²) in [7, 11) is 0. The number of carbonyl (C=O) groups is 1. The summed E-state index contributed by atoms with van der Waals surface area (Å²) < 4.78 is 0. The summed E-state index contributed by atoms with van der Waals surface area (Å²) in [5.41, 5.74) is 0. The van der Waals surface area contributed by atoms with Gasteiger partial charge in [-0.1, -0.05) is 26.7 Å². The maximum absolute atomic E-state index is 11.3. The van der Waals surface area contributed by atoms with Gasteiger partial charge in [0.25, 0.3) is 0 Å². The molecule has 0 aromatic rings. The van der Waals surface area contributed by atoms with Gasteiger partial charge in [0.2, 0.25) is 5.91 Å². The van der Waals surface area contributed by atoms with Crippen LogP contribution in [0.3, 0.4) is 0 Å². The number of nitrogens with one attached hydrogen (secondary N) is 2. The van der Waals surface area contributed by atoms with Gasteiger partial charge in [0, 0.05) is 12.6 Å². The molecule has 2 atom stereocenters. The topological polar surface area (TPSA) is 41.1 Å². The highest BCUT2D eigenvalue weighted by molar-refractivity contribution is 5.78. The minimum absolute atomic E-state index is 0.139. The van der Waals surface area contributed by atoms with Crippen molar-refractivity contribution in [3.8, 4) is 0 Å². The second-order valence-electron chi connectivity index (χ2n) is 4.09. The predicted octanol–water partition coefficient (Wildman–Crippen LogP) is 1.29. The van der Waals surface area contributed by atoms with Crippen LogP contribution in [-0.2, 0) is 4.79 Å². The Morgan fingerprint density at radius 3 is 2.79 bits per heavy atom. The summed E-state index contributed by atoms with van der Waals surface area (Å²) >= 11 is 0. The van der Waals surface area contributed by atoms with Crippen molar-refractivity contribution in [3.05, 3.63) is 0 Å². The molecule has 14 heavy (non-hydrogen) atoms. The first-order chi connectivity index (χ1) is 6.77. The molecule has 0 bridgehead atoms. The molecule has 0 radical (unpaired) electrons. The predicted molar refractivity (Wildman–Crippen MR) is 58.1 cm³/mol. The van der Waals surface area contributed by atoms with Crippen molar-refractivity contribution in [1.29, 1.82) is 0 Å². The highest BCUT2D eigenvalue weighted by Gasteiger charge is 2.34. The van der Waals surface area contributed by atoms with Crippen molar-refractivity contribution in [2.24, 2.45) is 5.92 Å². The van der Waals surface area contributed by atoms with Crippen LogP contribution in [0.5, 0.6) is 0 Å². The highest BCUT2D eigenvalue weighted by Crippen LogP contribution is 2.32. The third-order valence-corrected chi connectivity index (χ3v) is 2.82. The van der Waals surface area contributed by atoms with Crippen molar-refractivity contribution < 1.29 is 4.79 Å². The molecule has 3 heteroatoms. The standard InChI is InChI=1S/C11H22N2O/c1-3-5-6-12-11(14)8-13-10-7-9(10)4-2/h9-10,13H,3-8H2,1-2H3,(H,12,14). The summed E-state index contributed by atoms with van der Waals surface area (Å²) in [5, 5.41) is 6.17. The molecule has 1 amide bonds. The molecule has 1 fully saturated rings. The molecule has 82 valence electrons. The number of hydrogen-bond acceptors (Lipinski definition) is 2. The number of hydrogen-bond donors (Lipinski definition) is 2. The van der Waals surface area contributed by atoms with Gasteiger partial charge < -0.3 is 10.6 Å². The van der Waals surface area contributed by atoms with Crippen LogP contribution in [-0.4, -0.2) is 25.0 Å². The minimum atomic E-state index is 0.139. The van der Waals surface area contributed by atoms with E-state index in [0.29, 0.717) is 12.6 Å². The lowest BCUT2D eigenvalue weighted by molar-refractivity contribution is -0.120. The molecular weight excluding hydrogens is 176 g/mol. The molecule has 0 aromatic carbocycles. The fourth-order valence-electron chi connectivity index (χ4n) is 1.64. The molecule has 0 saturated heterocycles. The Balaban J connectivity index is 1.93. The molecule has 0 aromatic heterocycles. The fourth-order valence-corrected chi connectivity index (χ4v) is 1.64. The lowest BCUT2D eigenvalue weighted by Gasteiger charge is -2.05. The Kier molecular flexibility index (Phi) is 4.94. The van der Waals surface area contributed by atoms with E-state index in [1.807, 2.05) is 0 Å². The van der Waals surface area contributed by atoms with Crippen molar-refractivity contribution in [2.75, 3.05) is 13.1 Å². The van der Waals surface area contributed by atoms with Crippen LogP contribution < -0.4 is 10.6 Å². The average Bonchev–Trinajstić information content (AvgIpc) is 2.94. The minimum Gasteiger partial charge on any atom is -0.355 e. The molecule has 1 saturated carbocycles. The van der Waals surface area contributed by atoms with Gasteiger partial charge in [-0.15, -0.1) is 0 Å². The largest absolute Gasteiger partial charge is 0.355 e. The second kappa shape index (κ2) is 6.02. The zero-order valence-electron chi connectivity index (χ0n) is 9.31. The Morgan fingerprint density at radius 2 is 2.21 bits per heavy atom. The van der Waals surface area contributed by atoms with Crippen LogP contribution in [0.1, 0.15) is 39.5 Å². The number of amides is 1. The lowest BCUT2D eigenvalue weighted by Crippen LogP contribution is -2.35. The third kappa shape index (κ3) is 4.09. The molecule has 1 aliphatic rings. The van der Waals surface area contributed by atoms with Crippen molar-refractivity contribution in [3.63, 3.8) is 0 Å². The second-order valence-corrected chi connectivity index (χ2v) is 4.09. The SMILES string of the molecule is CCCCNC(=O)CNC1CC1CC. The molecule has 1 rings (SSSR count). The van der Waals surface area contributed by atoms with E-state index in [0.717, 1.165) is 25.3 Å². The van der Waals surface area contributed by atoms with Gasteiger partial charge in [0.1, 0.15) is 0 Å². The maximum Gasteiger partial charge on any atom is 0.233 e. The fraction of sp³-hybridized carbons (Fsp3) is 0.909. The van der Waals surface area contributed by atoms with Gasteiger partial charge >= 0.3 is 0 Å². The van der Waals surface area contributed by atoms with Gasteiger partial charge in [0.05, 0.1) is 6.54 Å². The summed E-state index contributed by atoms with van der Waals surface area (Å²) in [5.74, 6) is 0.957. The van der Waals surface area contributed by atoms with Crippen LogP contribution in [0.25, 0.3) is 0 Å². The Bertz CT molecular complexity index is 182. The highest BCUT2D eigenvalue weighted by atomic mass is 16.1. The van der Waals surface area contributed by atoms with Crippen LogP contribution in [0.2, 0.25) is 0 Å². The van der Waals surface area contributed by atoms with E-state index in [2.05, 4.69) is 24.5 Å². The average molecular weight is 198 g/mol. The van der Waals surface area contributed by atoms with Gasteiger partial charge in [-0.25, -0.2) is 0 Å². The van der Waals surface area contributed by atoms with E-state index < -0.39 is 0 Å². The Hall–Kier alpha value is -0.570. The van der Waals surface area contributed by atoms with Crippen LogP contribution in [0, 0.1) is 5.92 Å². The van der Waals surface area contributed by atoms with Crippen LogP contribution >= 0.6 is 0 Å². The molecule has 0 aliphatic heterocycles. The van der Waals surface area contributed by atoms with Gasteiger partial charge in [-0.05, 0) is 18.8 Å². The normalized spacial score (nSPS) is 24.7. The smallest absolute Gasteiger partial charge is 0.233 e. The zero-order valence-corrected chi connectivity index (χ0v) is 9.31. The Morgan fingerprint density at radius 1 is 1.43 bits per heavy atom. The van der Waals surface area contributed by atoms with Crippen molar-refractivity contribution in [1.82, 2.24) is 10.6 Å². The zero-order chi connectivity index (χ0) is 10.4. The van der Waals surface area contributed by atoms with Gasteiger partial charge in [-0.2, -0.15) is 0 Å². The summed E-state index contributed by atoms with van der Waals surface area (Å²) in [6.45, 7) is 5.64. The summed E-state index contributed by atoms with van der Waals surface area (Å²) in [6, 6.07) is 0.608. The first kappa shape index (κ1) is 11.5. The number of unbranched alkanes of at least 4 members (excludes halogenated alkanes) is 1. The van der Waals surface area contributed by atoms with Crippen molar-refractivity contribution in [2.45, 2.75) is 45.6 Å². The molecule has 1 aliphatic carbocycles. The first-order valence-electron chi connectivity index (χ1n) is 5.78. The molecular formula is C11H22N2O. The monoisotopic (exact) mass is 198 g/mol. The molecule has 2 N–H and O–H groups in total. The molecule has 2 unspecified atom stereocenters. The van der Waals surface area contributed by atoms with Crippen molar-refractivity contribution >= 4 is 5.91 Å². The van der Waals surface area contributed by atoms with Crippen LogP contribution in [0.4, 0.5) is 0 Å². The summed E-state index contributed by atoms with van der Waals surface area (Å²) in [6.07, 6.45) is 4.69. The third-order valence-electron chi connectivity index (χ3n) is 2.82. The first-order valence-corrected chi connectivity index (χ1v) is 5.78. The molecule has 0 spiro atoms. The van der Waals surface area contributed by atoms with Crippen LogP contribution in [0.15, 0.2) is 0 Å². The molecule has 3 nitrogen and oxygen atoms in total. The van der Waals surface area contributed by atoms with E-state index in [-0.39, 0.29) is 5.91 Å². The van der Waals surface area contributed by atoms with E-state index in [1.54, 1.807) is 0 Å². The number of carbonyl (C=O) groups excluding carboxylic acids is 1. The van der Waals surface area contributed by atoms with E-state index in [1.165, 1.54) is 12.8 Å². The summed E-state index contributed by atoms with van der Waals surface area (Å²) in [4.78, 5) is 11.3. The Labute approximate surface area is 86.6 Å². The van der Waals surface area contributed by atoms with Gasteiger partial charge in [-0.3, -0.25) is 4.79 Å².